The quantitative estimate of drug-likeness (QED) is 0.793. The van der Waals surface area contributed by atoms with E-state index in [9.17, 15) is 9.18 Å². The number of rotatable bonds is 6. The average molecular weight is 409 g/mol. The molecule has 154 valence electrons. The molecule has 1 amide bonds. The second-order valence-electron chi connectivity index (χ2n) is 7.92. The van der Waals surface area contributed by atoms with Gasteiger partial charge in [-0.3, -0.25) is 4.79 Å². The van der Waals surface area contributed by atoms with Gasteiger partial charge in [0.1, 0.15) is 11.5 Å². The van der Waals surface area contributed by atoms with Gasteiger partial charge in [-0.15, -0.1) is 12.4 Å². The Morgan fingerprint density at radius 2 is 2.07 bits per heavy atom. The van der Waals surface area contributed by atoms with E-state index in [-0.39, 0.29) is 30.2 Å². The third-order valence-electron chi connectivity index (χ3n) is 5.47. The number of halogens is 2. The Morgan fingerprint density at radius 3 is 2.71 bits per heavy atom. The molecule has 7 heteroatoms. The zero-order valence-electron chi connectivity index (χ0n) is 17.0. The van der Waals surface area contributed by atoms with Crippen LogP contribution in [-0.4, -0.2) is 40.2 Å². The molecule has 2 aromatic rings. The molecule has 1 unspecified atom stereocenters. The molecule has 0 bridgehead atoms. The standard InChI is InChI=1S/C21H29FN4O.ClH/c1-13(2)17(23)10-11-25(4)21(27)20-15-6-5-7-18(15)26(24-20)19-9-8-14(3)12-16(19)22;/h8-9,12-13,17H,5-7,10-11,23H2,1-4H3;1H. The van der Waals surface area contributed by atoms with Gasteiger partial charge in [-0.05, 0) is 56.2 Å². The Bertz CT molecular complexity index is 849. The molecule has 1 heterocycles. The van der Waals surface area contributed by atoms with E-state index in [0.29, 0.717) is 23.8 Å². The molecule has 1 atom stereocenters. The lowest BCUT2D eigenvalue weighted by Crippen LogP contribution is -2.35. The fourth-order valence-electron chi connectivity index (χ4n) is 3.55. The minimum atomic E-state index is -0.317. The summed E-state index contributed by atoms with van der Waals surface area (Å²) in [4.78, 5) is 14.7. The fraction of sp³-hybridized carbons (Fsp3) is 0.524. The molecule has 0 spiro atoms. The normalized spacial score (nSPS) is 14.0. The summed E-state index contributed by atoms with van der Waals surface area (Å²) in [6.45, 7) is 6.60. The lowest BCUT2D eigenvalue weighted by atomic mass is 10.0. The molecule has 1 aromatic heterocycles. The predicted octanol–water partition coefficient (Wildman–Crippen LogP) is 3.68. The third kappa shape index (κ3) is 4.39. The van der Waals surface area contributed by atoms with Crippen molar-refractivity contribution in [1.29, 1.82) is 0 Å². The molecule has 0 saturated heterocycles. The highest BCUT2D eigenvalue weighted by Gasteiger charge is 2.29. The van der Waals surface area contributed by atoms with Crippen LogP contribution in [0.25, 0.3) is 5.69 Å². The fourth-order valence-corrected chi connectivity index (χ4v) is 3.55. The van der Waals surface area contributed by atoms with Gasteiger partial charge < -0.3 is 10.6 Å². The van der Waals surface area contributed by atoms with Gasteiger partial charge >= 0.3 is 0 Å². The number of carbonyl (C=O) groups excluding carboxylic acids is 1. The highest BCUT2D eigenvalue weighted by atomic mass is 35.5. The number of amides is 1. The Hall–Kier alpha value is -1.92. The van der Waals surface area contributed by atoms with Crippen LogP contribution in [-0.2, 0) is 12.8 Å². The van der Waals surface area contributed by atoms with Crippen LogP contribution in [0.15, 0.2) is 18.2 Å². The van der Waals surface area contributed by atoms with E-state index in [1.807, 2.05) is 13.0 Å². The van der Waals surface area contributed by atoms with Crippen molar-refractivity contribution in [3.8, 4) is 5.69 Å². The zero-order chi connectivity index (χ0) is 19.7. The largest absolute Gasteiger partial charge is 0.340 e. The number of hydrogen-bond acceptors (Lipinski definition) is 3. The maximum absolute atomic E-state index is 14.5. The molecule has 0 fully saturated rings. The highest BCUT2D eigenvalue weighted by Crippen LogP contribution is 2.29. The van der Waals surface area contributed by atoms with Crippen molar-refractivity contribution in [1.82, 2.24) is 14.7 Å². The lowest BCUT2D eigenvalue weighted by Gasteiger charge is -2.21. The molecular weight excluding hydrogens is 379 g/mol. The Morgan fingerprint density at radius 1 is 1.36 bits per heavy atom. The van der Waals surface area contributed by atoms with Crippen molar-refractivity contribution < 1.29 is 9.18 Å². The number of aromatic nitrogens is 2. The first kappa shape index (κ1) is 22.4. The SMILES string of the molecule is Cc1ccc(-n2nc(C(=O)N(C)CCC(N)C(C)C)c3c2CCC3)c(F)c1.Cl. The first-order chi connectivity index (χ1) is 12.8. The highest BCUT2D eigenvalue weighted by molar-refractivity contribution is 5.94. The molecule has 5 nitrogen and oxygen atoms in total. The Labute approximate surface area is 172 Å². The summed E-state index contributed by atoms with van der Waals surface area (Å²) >= 11 is 0. The van der Waals surface area contributed by atoms with Crippen LogP contribution in [0.2, 0.25) is 0 Å². The molecule has 2 N–H and O–H groups in total. The van der Waals surface area contributed by atoms with Crippen molar-refractivity contribution >= 4 is 18.3 Å². The van der Waals surface area contributed by atoms with Gasteiger partial charge in [0, 0.05) is 30.9 Å². The van der Waals surface area contributed by atoms with Crippen molar-refractivity contribution in [3.05, 3.63) is 46.5 Å². The first-order valence-electron chi connectivity index (χ1n) is 9.68. The first-order valence-corrected chi connectivity index (χ1v) is 9.68. The molecule has 0 saturated carbocycles. The van der Waals surface area contributed by atoms with Gasteiger partial charge in [-0.2, -0.15) is 5.10 Å². The van der Waals surface area contributed by atoms with E-state index < -0.39 is 0 Å². The van der Waals surface area contributed by atoms with Crippen LogP contribution in [0.5, 0.6) is 0 Å². The molecule has 1 aliphatic carbocycles. The molecule has 28 heavy (non-hydrogen) atoms. The number of aryl methyl sites for hydroxylation is 1. The summed E-state index contributed by atoms with van der Waals surface area (Å²) in [6, 6.07) is 5.16. The summed E-state index contributed by atoms with van der Waals surface area (Å²) in [5.41, 5.74) is 9.72. The number of hydrogen-bond donors (Lipinski definition) is 1. The van der Waals surface area contributed by atoms with Crippen molar-refractivity contribution in [2.75, 3.05) is 13.6 Å². The van der Waals surface area contributed by atoms with E-state index in [4.69, 9.17) is 5.73 Å². The summed E-state index contributed by atoms with van der Waals surface area (Å²) < 4.78 is 16.1. The third-order valence-corrected chi connectivity index (χ3v) is 5.47. The van der Waals surface area contributed by atoms with Crippen LogP contribution < -0.4 is 5.73 Å². The maximum Gasteiger partial charge on any atom is 0.274 e. The van der Waals surface area contributed by atoms with E-state index in [0.717, 1.165) is 42.5 Å². The number of fused-ring (bicyclic) bond motifs is 1. The Kier molecular flexibility index (Phi) is 7.23. The van der Waals surface area contributed by atoms with Crippen molar-refractivity contribution in [2.45, 2.75) is 52.5 Å². The lowest BCUT2D eigenvalue weighted by molar-refractivity contribution is 0.0782. The van der Waals surface area contributed by atoms with Crippen LogP contribution in [0.4, 0.5) is 4.39 Å². The number of nitrogens with two attached hydrogens (primary N) is 1. The zero-order valence-corrected chi connectivity index (χ0v) is 17.9. The van der Waals surface area contributed by atoms with Gasteiger partial charge in [0.2, 0.25) is 0 Å². The second kappa shape index (κ2) is 9.05. The predicted molar refractivity (Wildman–Crippen MR) is 112 cm³/mol. The molecule has 0 radical (unpaired) electrons. The summed E-state index contributed by atoms with van der Waals surface area (Å²) in [5, 5.41) is 4.53. The van der Waals surface area contributed by atoms with Crippen molar-refractivity contribution in [3.63, 3.8) is 0 Å². The molecule has 1 aliphatic rings. The smallest absolute Gasteiger partial charge is 0.274 e. The number of carbonyl (C=O) groups is 1. The van der Waals surface area contributed by atoms with E-state index in [1.54, 1.807) is 22.7 Å². The van der Waals surface area contributed by atoms with Gasteiger partial charge in [0.15, 0.2) is 5.69 Å². The Balaban J connectivity index is 0.00000280. The van der Waals surface area contributed by atoms with Crippen LogP contribution >= 0.6 is 12.4 Å². The minimum Gasteiger partial charge on any atom is -0.340 e. The van der Waals surface area contributed by atoms with Gasteiger partial charge in [0.05, 0.1) is 0 Å². The van der Waals surface area contributed by atoms with E-state index in [2.05, 4.69) is 18.9 Å². The summed E-state index contributed by atoms with van der Waals surface area (Å²) in [6.07, 6.45) is 3.33. The molecule has 0 aliphatic heterocycles. The van der Waals surface area contributed by atoms with Crippen LogP contribution in [0, 0.1) is 18.7 Å². The topological polar surface area (TPSA) is 64.2 Å². The molecule has 3 rings (SSSR count). The van der Waals surface area contributed by atoms with Crippen LogP contribution in [0.3, 0.4) is 0 Å². The monoisotopic (exact) mass is 408 g/mol. The van der Waals surface area contributed by atoms with Gasteiger partial charge in [-0.1, -0.05) is 19.9 Å². The second-order valence-corrected chi connectivity index (χ2v) is 7.92. The van der Waals surface area contributed by atoms with E-state index in [1.165, 1.54) is 6.07 Å². The summed E-state index contributed by atoms with van der Waals surface area (Å²) in [7, 11) is 1.78. The van der Waals surface area contributed by atoms with Crippen LogP contribution in [0.1, 0.15) is 54.0 Å². The summed E-state index contributed by atoms with van der Waals surface area (Å²) in [5.74, 6) is -0.0562. The maximum atomic E-state index is 14.5. The average Bonchev–Trinajstić information content (AvgIpc) is 3.21. The van der Waals surface area contributed by atoms with E-state index >= 15 is 0 Å². The minimum absolute atomic E-state index is 0. The van der Waals surface area contributed by atoms with Crippen molar-refractivity contribution in [2.24, 2.45) is 11.7 Å². The van der Waals surface area contributed by atoms with Gasteiger partial charge in [0.25, 0.3) is 5.91 Å². The molecule has 1 aromatic carbocycles. The van der Waals surface area contributed by atoms with Gasteiger partial charge in [-0.25, -0.2) is 9.07 Å². The number of nitrogens with zero attached hydrogens (tertiary/aromatic N) is 3. The molecular formula is C21H30ClFN4O. The number of benzene rings is 1.